The Bertz CT molecular complexity index is 1400. The Labute approximate surface area is 499 Å². The summed E-state index contributed by atoms with van der Waals surface area (Å²) in [5, 5.41) is 13.9. The molecule has 2 N–H and O–H groups in total. The van der Waals surface area contributed by atoms with E-state index in [0.29, 0.717) is 17.4 Å². The van der Waals surface area contributed by atoms with E-state index in [1.807, 2.05) is 27.2 Å². The van der Waals surface area contributed by atoms with Crippen molar-refractivity contribution in [3.63, 3.8) is 0 Å². The second-order valence-corrected chi connectivity index (χ2v) is 27.0. The predicted octanol–water partition coefficient (Wildman–Crippen LogP) is 21.8. The van der Waals surface area contributed by atoms with Crippen molar-refractivity contribution in [1.29, 1.82) is 0 Å². The lowest BCUT2D eigenvalue weighted by atomic mass is 10.0. The van der Waals surface area contributed by atoms with Crippen LogP contribution in [0.4, 0.5) is 0 Å². The minimum absolute atomic E-state index is 0.00732. The number of allylic oxidation sites excluding steroid dienone is 5. The third-order valence-electron chi connectivity index (χ3n) is 16.3. The van der Waals surface area contributed by atoms with Crippen LogP contribution in [0.1, 0.15) is 361 Å². The quantitative estimate of drug-likeness (QED) is 0.0272. The zero-order chi connectivity index (χ0) is 58.4. The number of aliphatic hydroxyl groups excluding tert-OH is 1. The number of carbonyl (C=O) groups is 1. The molecule has 0 spiro atoms. The van der Waals surface area contributed by atoms with Gasteiger partial charge >= 0.3 is 0 Å². The first kappa shape index (κ1) is 78.7. The van der Waals surface area contributed by atoms with Gasteiger partial charge < -0.3 is 28.8 Å². The first-order valence-electron chi connectivity index (χ1n) is 35.4. The summed E-state index contributed by atoms with van der Waals surface area (Å²) in [6.45, 7) is 4.66. The lowest BCUT2D eigenvalue weighted by molar-refractivity contribution is -0.870. The first-order chi connectivity index (χ1) is 39.0. The number of aliphatic hydroxyl groups is 1. The van der Waals surface area contributed by atoms with Gasteiger partial charge in [0.2, 0.25) is 5.91 Å². The van der Waals surface area contributed by atoms with Gasteiger partial charge in [-0.3, -0.25) is 9.36 Å². The van der Waals surface area contributed by atoms with Gasteiger partial charge in [-0.05, 0) is 44.9 Å². The topological polar surface area (TPSA) is 108 Å². The molecule has 0 aromatic rings. The van der Waals surface area contributed by atoms with Gasteiger partial charge in [0, 0.05) is 6.42 Å². The molecule has 0 fully saturated rings. The molecule has 0 saturated heterocycles. The molecule has 0 rings (SSSR count). The third-order valence-corrected chi connectivity index (χ3v) is 17.3. The Kier molecular flexibility index (Phi) is 61.3. The summed E-state index contributed by atoms with van der Waals surface area (Å²) in [4.78, 5) is 25.6. The highest BCUT2D eigenvalue weighted by Gasteiger charge is 2.23. The van der Waals surface area contributed by atoms with Crippen molar-refractivity contribution in [2.45, 2.75) is 373 Å². The number of amides is 1. The molecule has 1 amide bonds. The number of nitrogens with one attached hydrogen (secondary N) is 1. The largest absolute Gasteiger partial charge is 0.756 e. The van der Waals surface area contributed by atoms with Crippen LogP contribution in [0.25, 0.3) is 0 Å². The SMILES string of the molecule is CCCCCCCCC/C=C/CC/C=C/CC/C=C/C(O)C(COP(=O)([O-])OCC[N+](C)(C)C)NC(=O)CCCCCCCCCCCCCCCCCCCCCCCCCCCCCCCCCCCCCCCCCCC. The highest BCUT2D eigenvalue weighted by Crippen LogP contribution is 2.38. The Hall–Kier alpha value is -1.28. The molecule has 3 atom stereocenters. The van der Waals surface area contributed by atoms with Gasteiger partial charge in [0.25, 0.3) is 7.82 Å². The molecule has 0 heterocycles. The van der Waals surface area contributed by atoms with E-state index in [9.17, 15) is 19.4 Å². The summed E-state index contributed by atoms with van der Waals surface area (Å²) >= 11 is 0. The second-order valence-electron chi connectivity index (χ2n) is 25.6. The van der Waals surface area contributed by atoms with Crippen molar-refractivity contribution in [2.24, 2.45) is 0 Å². The highest BCUT2D eigenvalue weighted by molar-refractivity contribution is 7.45. The fraction of sp³-hybridized carbons (Fsp3) is 0.901. The molecule has 474 valence electrons. The van der Waals surface area contributed by atoms with Gasteiger partial charge in [-0.15, -0.1) is 0 Å². The molecule has 9 heteroatoms. The fourth-order valence-electron chi connectivity index (χ4n) is 10.8. The molecular weight excluding hydrogens is 1010 g/mol. The van der Waals surface area contributed by atoms with E-state index in [2.05, 4.69) is 43.5 Å². The number of hydrogen-bond donors (Lipinski definition) is 2. The Morgan fingerprint density at radius 2 is 0.700 bits per heavy atom. The van der Waals surface area contributed by atoms with Crippen molar-refractivity contribution in [2.75, 3.05) is 40.9 Å². The Morgan fingerprint density at radius 1 is 0.425 bits per heavy atom. The monoisotopic (exact) mass is 1150 g/mol. The van der Waals surface area contributed by atoms with E-state index in [1.54, 1.807) is 6.08 Å². The fourth-order valence-corrected chi connectivity index (χ4v) is 11.6. The molecule has 0 aliphatic rings. The predicted molar refractivity (Wildman–Crippen MR) is 348 cm³/mol. The summed E-state index contributed by atoms with van der Waals surface area (Å²) < 4.78 is 23.4. The number of unbranched alkanes of at least 4 members (excludes halogenated alkanes) is 49. The van der Waals surface area contributed by atoms with Gasteiger partial charge in [0.05, 0.1) is 39.9 Å². The van der Waals surface area contributed by atoms with E-state index < -0.39 is 26.6 Å². The number of carbonyl (C=O) groups excluding carboxylic acids is 1. The average molecular weight is 1150 g/mol. The summed E-state index contributed by atoms with van der Waals surface area (Å²) in [6.07, 6.45) is 83.0. The van der Waals surface area contributed by atoms with Crippen molar-refractivity contribution >= 4 is 13.7 Å². The van der Waals surface area contributed by atoms with Crippen molar-refractivity contribution < 1.29 is 32.9 Å². The number of rotatable bonds is 66. The molecular formula is C71H139N2O6P. The van der Waals surface area contributed by atoms with Crippen LogP contribution in [0.3, 0.4) is 0 Å². The molecule has 0 radical (unpaired) electrons. The third kappa shape index (κ3) is 64.3. The normalized spacial score (nSPS) is 13.8. The zero-order valence-electron chi connectivity index (χ0n) is 54.3. The van der Waals surface area contributed by atoms with E-state index >= 15 is 0 Å². The van der Waals surface area contributed by atoms with E-state index in [-0.39, 0.29) is 12.5 Å². The minimum atomic E-state index is -4.61. The van der Waals surface area contributed by atoms with E-state index in [1.165, 1.54) is 295 Å². The van der Waals surface area contributed by atoms with Crippen molar-refractivity contribution in [3.05, 3.63) is 36.5 Å². The van der Waals surface area contributed by atoms with Crippen LogP contribution >= 0.6 is 7.82 Å². The molecule has 80 heavy (non-hydrogen) atoms. The average Bonchev–Trinajstić information content (AvgIpc) is 3.43. The maximum Gasteiger partial charge on any atom is 0.268 e. The molecule has 0 saturated carbocycles. The molecule has 0 aliphatic carbocycles. The lowest BCUT2D eigenvalue weighted by Gasteiger charge is -2.29. The lowest BCUT2D eigenvalue weighted by Crippen LogP contribution is -2.45. The van der Waals surface area contributed by atoms with E-state index in [4.69, 9.17) is 9.05 Å². The summed E-state index contributed by atoms with van der Waals surface area (Å²) in [5.41, 5.74) is 0. The summed E-state index contributed by atoms with van der Waals surface area (Å²) in [7, 11) is 1.25. The number of nitrogens with zero attached hydrogens (tertiary/aromatic N) is 1. The molecule has 8 nitrogen and oxygen atoms in total. The molecule has 0 aromatic heterocycles. The van der Waals surface area contributed by atoms with Crippen LogP contribution < -0.4 is 10.2 Å². The van der Waals surface area contributed by atoms with Crippen molar-refractivity contribution in [3.8, 4) is 0 Å². The van der Waals surface area contributed by atoms with Crippen LogP contribution in [0.5, 0.6) is 0 Å². The number of phosphoric ester groups is 1. The molecule has 0 bridgehead atoms. The zero-order valence-corrected chi connectivity index (χ0v) is 55.2. The summed E-state index contributed by atoms with van der Waals surface area (Å²) in [6, 6.07) is -0.908. The van der Waals surface area contributed by atoms with Crippen LogP contribution in [0, 0.1) is 0 Å². The number of phosphoric acid groups is 1. The van der Waals surface area contributed by atoms with Gasteiger partial charge in [-0.2, -0.15) is 0 Å². The standard InChI is InChI=1S/C71H139N2O6P/c1-6-8-10-12-14-16-18-20-22-24-25-26-27-28-29-30-31-32-33-34-35-36-37-38-39-40-41-42-43-44-45-46-47-49-51-53-55-57-59-61-63-65-71(75)72-69(68-79-80(76,77)78-67-66-73(3,4)5)70(74)64-62-60-58-56-54-52-50-48-23-21-19-17-15-13-11-9-7-2/h23,48,54,56,62,64,69-70,74H,6-22,24-47,49-53,55,57-61,63,65-68H2,1-5H3,(H-,72,75,76,77)/b48-23+,56-54+,64-62+. The maximum atomic E-state index is 13.0. The van der Waals surface area contributed by atoms with Crippen LogP contribution in [-0.2, 0) is 18.4 Å². The van der Waals surface area contributed by atoms with Crippen molar-refractivity contribution in [1.82, 2.24) is 5.32 Å². The van der Waals surface area contributed by atoms with Gasteiger partial charge in [0.15, 0.2) is 0 Å². The Balaban J connectivity index is 3.87. The molecule has 3 unspecified atom stereocenters. The molecule has 0 aliphatic heterocycles. The number of quaternary nitrogens is 1. The number of hydrogen-bond acceptors (Lipinski definition) is 6. The van der Waals surface area contributed by atoms with Gasteiger partial charge in [-0.1, -0.05) is 346 Å². The maximum absolute atomic E-state index is 13.0. The number of likely N-dealkylation sites (N-methyl/N-ethyl adjacent to an activating group) is 1. The Morgan fingerprint density at radius 3 is 1.01 bits per heavy atom. The second kappa shape index (κ2) is 62.3. The van der Waals surface area contributed by atoms with Gasteiger partial charge in [-0.25, -0.2) is 0 Å². The van der Waals surface area contributed by atoms with Crippen LogP contribution in [0.2, 0.25) is 0 Å². The van der Waals surface area contributed by atoms with Crippen LogP contribution in [0.15, 0.2) is 36.5 Å². The van der Waals surface area contributed by atoms with Crippen LogP contribution in [-0.4, -0.2) is 68.5 Å². The highest BCUT2D eigenvalue weighted by atomic mass is 31.2. The minimum Gasteiger partial charge on any atom is -0.756 e. The van der Waals surface area contributed by atoms with E-state index in [0.717, 1.165) is 44.9 Å². The van der Waals surface area contributed by atoms with Gasteiger partial charge in [0.1, 0.15) is 13.2 Å². The summed E-state index contributed by atoms with van der Waals surface area (Å²) in [5.74, 6) is -0.205. The first-order valence-corrected chi connectivity index (χ1v) is 36.8. The smallest absolute Gasteiger partial charge is 0.268 e. The molecule has 0 aromatic carbocycles.